The maximum Gasteiger partial charge on any atom is 0.292 e. The van der Waals surface area contributed by atoms with E-state index in [9.17, 15) is 14.9 Å². The number of carbonyl (C=O) groups is 1. The molecule has 1 unspecified atom stereocenters. The van der Waals surface area contributed by atoms with E-state index in [0.717, 1.165) is 5.56 Å². The van der Waals surface area contributed by atoms with Crippen LogP contribution in [0.4, 0.5) is 11.4 Å². The molecular weight excluding hydrogens is 298 g/mol. The summed E-state index contributed by atoms with van der Waals surface area (Å²) < 4.78 is 0. The van der Waals surface area contributed by atoms with Gasteiger partial charge in [0.1, 0.15) is 5.69 Å². The largest absolute Gasteiger partial charge is 0.396 e. The first-order chi connectivity index (χ1) is 10.8. The van der Waals surface area contributed by atoms with E-state index in [1.807, 2.05) is 19.9 Å². The van der Waals surface area contributed by atoms with Crippen molar-refractivity contribution in [2.45, 2.75) is 26.2 Å². The molecule has 0 radical (unpaired) electrons. The number of nitrogens with one attached hydrogen (secondary N) is 1. The number of rotatable bonds is 6. The van der Waals surface area contributed by atoms with Crippen LogP contribution >= 0.6 is 0 Å². The Kier molecular flexibility index (Phi) is 4.89. The number of hydrogen-bond acceptors (Lipinski definition) is 5. The molecule has 2 N–H and O–H groups in total. The molecule has 7 nitrogen and oxygen atoms in total. The fraction of sp³-hybridized carbons (Fsp3) is 0.562. The van der Waals surface area contributed by atoms with Gasteiger partial charge in [0.25, 0.3) is 5.69 Å². The number of aliphatic hydroxyl groups excluding tert-OH is 1. The summed E-state index contributed by atoms with van der Waals surface area (Å²) >= 11 is 0. The standard InChI is InChI=1S/C16H23N3O4/c1-16(2)12(10-18(3)15(16)21)11-5-6-13(17-7-4-8-20)14(9-11)19(22)23/h5-6,9,12,17,20H,4,7-8,10H2,1-3H3. The van der Waals surface area contributed by atoms with Crippen molar-refractivity contribution in [3.05, 3.63) is 33.9 Å². The second-order valence-corrected chi connectivity index (χ2v) is 6.50. The SMILES string of the molecule is CN1CC(c2ccc(NCCCO)c([N+](=O)[O-])c2)C(C)(C)C1=O. The van der Waals surface area contributed by atoms with E-state index in [2.05, 4.69) is 5.32 Å². The summed E-state index contributed by atoms with van der Waals surface area (Å²) in [4.78, 5) is 24.8. The molecule has 1 aliphatic rings. The van der Waals surface area contributed by atoms with Gasteiger partial charge in [-0.1, -0.05) is 19.9 Å². The Morgan fingerprint density at radius 1 is 1.48 bits per heavy atom. The highest BCUT2D eigenvalue weighted by Crippen LogP contribution is 2.44. The normalized spacial score (nSPS) is 19.9. The maximum absolute atomic E-state index is 12.2. The van der Waals surface area contributed by atoms with E-state index in [0.29, 0.717) is 25.2 Å². The number of amides is 1. The number of hydrogen-bond donors (Lipinski definition) is 2. The molecular formula is C16H23N3O4. The van der Waals surface area contributed by atoms with Gasteiger partial charge >= 0.3 is 0 Å². The van der Waals surface area contributed by atoms with Crippen molar-refractivity contribution in [2.75, 3.05) is 32.1 Å². The first-order valence-corrected chi connectivity index (χ1v) is 7.67. The first kappa shape index (κ1) is 17.2. The molecule has 23 heavy (non-hydrogen) atoms. The fourth-order valence-corrected chi connectivity index (χ4v) is 3.12. The molecule has 1 heterocycles. The molecule has 1 saturated heterocycles. The molecule has 1 atom stereocenters. The van der Waals surface area contributed by atoms with Crippen molar-refractivity contribution in [3.63, 3.8) is 0 Å². The molecule has 0 saturated carbocycles. The molecule has 7 heteroatoms. The van der Waals surface area contributed by atoms with Crippen LogP contribution in [0.15, 0.2) is 18.2 Å². The summed E-state index contributed by atoms with van der Waals surface area (Å²) in [6.45, 7) is 4.81. The number of nitrogens with zero attached hydrogens (tertiary/aromatic N) is 2. The van der Waals surface area contributed by atoms with Gasteiger partial charge in [-0.15, -0.1) is 0 Å². The molecule has 1 amide bonds. The summed E-state index contributed by atoms with van der Waals surface area (Å²) in [6, 6.07) is 5.08. The number of anilines is 1. The second kappa shape index (κ2) is 6.54. The summed E-state index contributed by atoms with van der Waals surface area (Å²) in [5.41, 5.74) is 0.655. The first-order valence-electron chi connectivity index (χ1n) is 7.67. The van der Waals surface area contributed by atoms with Gasteiger partial charge in [0.2, 0.25) is 5.91 Å². The number of nitro groups is 1. The monoisotopic (exact) mass is 321 g/mol. The van der Waals surface area contributed by atoms with E-state index in [1.54, 1.807) is 24.1 Å². The number of aliphatic hydroxyl groups is 1. The Balaban J connectivity index is 2.33. The van der Waals surface area contributed by atoms with Crippen molar-refractivity contribution in [3.8, 4) is 0 Å². The minimum absolute atomic E-state index is 0.00163. The lowest BCUT2D eigenvalue weighted by molar-refractivity contribution is -0.384. The van der Waals surface area contributed by atoms with Crippen molar-refractivity contribution < 1.29 is 14.8 Å². The van der Waals surface area contributed by atoms with Gasteiger partial charge in [0.15, 0.2) is 0 Å². The van der Waals surface area contributed by atoms with Crippen LogP contribution in [-0.4, -0.2) is 47.6 Å². The predicted octanol–water partition coefficient (Wildman–Crippen LogP) is 1.97. The third-order valence-corrected chi connectivity index (χ3v) is 4.50. The molecule has 1 aromatic rings. The lowest BCUT2D eigenvalue weighted by Gasteiger charge is -2.24. The Bertz CT molecular complexity index is 615. The number of benzene rings is 1. The van der Waals surface area contributed by atoms with Gasteiger partial charge in [-0.2, -0.15) is 0 Å². The van der Waals surface area contributed by atoms with Gasteiger partial charge < -0.3 is 15.3 Å². The molecule has 126 valence electrons. The Morgan fingerprint density at radius 2 is 2.17 bits per heavy atom. The molecule has 1 aromatic carbocycles. The third kappa shape index (κ3) is 3.29. The number of carbonyl (C=O) groups excluding carboxylic acids is 1. The summed E-state index contributed by atoms with van der Waals surface area (Å²) in [6.07, 6.45) is 0.522. The van der Waals surface area contributed by atoms with Gasteiger partial charge in [0, 0.05) is 38.7 Å². The summed E-state index contributed by atoms with van der Waals surface area (Å²) in [7, 11) is 1.75. The second-order valence-electron chi connectivity index (χ2n) is 6.50. The molecule has 0 spiro atoms. The maximum atomic E-state index is 12.2. The van der Waals surface area contributed by atoms with Crippen molar-refractivity contribution >= 4 is 17.3 Å². The minimum atomic E-state index is -0.575. The Morgan fingerprint density at radius 3 is 2.70 bits per heavy atom. The molecule has 0 aliphatic carbocycles. The van der Waals surface area contributed by atoms with Gasteiger partial charge in [-0.3, -0.25) is 14.9 Å². The van der Waals surface area contributed by atoms with Crippen molar-refractivity contribution in [1.29, 1.82) is 0 Å². The van der Waals surface area contributed by atoms with E-state index < -0.39 is 10.3 Å². The van der Waals surface area contributed by atoms with E-state index in [-0.39, 0.29) is 24.1 Å². The van der Waals surface area contributed by atoms with Crippen LogP contribution in [0.25, 0.3) is 0 Å². The zero-order valence-electron chi connectivity index (χ0n) is 13.7. The van der Waals surface area contributed by atoms with Crippen LogP contribution in [0.5, 0.6) is 0 Å². The van der Waals surface area contributed by atoms with Crippen molar-refractivity contribution in [1.82, 2.24) is 4.90 Å². The average Bonchev–Trinajstić information content (AvgIpc) is 2.71. The molecule has 1 fully saturated rings. The van der Waals surface area contributed by atoms with Crippen molar-refractivity contribution in [2.24, 2.45) is 5.41 Å². The topological polar surface area (TPSA) is 95.7 Å². The van der Waals surface area contributed by atoms with Crippen LogP contribution in [-0.2, 0) is 4.79 Å². The van der Waals surface area contributed by atoms with E-state index >= 15 is 0 Å². The molecule has 2 rings (SSSR count). The number of likely N-dealkylation sites (N-methyl/N-ethyl adjacent to an activating group) is 1. The predicted molar refractivity (Wildman–Crippen MR) is 87.4 cm³/mol. The lowest BCUT2D eigenvalue weighted by atomic mass is 9.77. The van der Waals surface area contributed by atoms with Gasteiger partial charge in [-0.05, 0) is 18.1 Å². The quantitative estimate of drug-likeness (QED) is 0.474. The number of likely N-dealkylation sites (tertiary alicyclic amines) is 1. The van der Waals surface area contributed by atoms with E-state index in [1.165, 1.54) is 0 Å². The Labute approximate surface area is 135 Å². The van der Waals surface area contributed by atoms with Crippen LogP contribution in [0, 0.1) is 15.5 Å². The van der Waals surface area contributed by atoms with Gasteiger partial charge in [-0.25, -0.2) is 0 Å². The highest BCUT2D eigenvalue weighted by molar-refractivity contribution is 5.85. The zero-order chi connectivity index (χ0) is 17.2. The Hall–Kier alpha value is -2.15. The average molecular weight is 321 g/mol. The fourth-order valence-electron chi connectivity index (χ4n) is 3.12. The number of nitro benzene ring substituents is 1. The smallest absolute Gasteiger partial charge is 0.292 e. The highest BCUT2D eigenvalue weighted by Gasteiger charge is 2.46. The third-order valence-electron chi connectivity index (χ3n) is 4.50. The molecule has 0 bridgehead atoms. The summed E-state index contributed by atoms with van der Waals surface area (Å²) in [5.74, 6) is -0.0273. The highest BCUT2D eigenvalue weighted by atomic mass is 16.6. The molecule has 0 aromatic heterocycles. The van der Waals surface area contributed by atoms with Crippen LogP contribution in [0.3, 0.4) is 0 Å². The minimum Gasteiger partial charge on any atom is -0.396 e. The van der Waals surface area contributed by atoms with E-state index in [4.69, 9.17) is 5.11 Å². The summed E-state index contributed by atoms with van der Waals surface area (Å²) in [5, 5.41) is 23.1. The van der Waals surface area contributed by atoms with Crippen LogP contribution in [0.1, 0.15) is 31.7 Å². The van der Waals surface area contributed by atoms with Crippen LogP contribution in [0.2, 0.25) is 0 Å². The van der Waals surface area contributed by atoms with Gasteiger partial charge in [0.05, 0.1) is 10.3 Å². The lowest BCUT2D eigenvalue weighted by Crippen LogP contribution is -2.28. The zero-order valence-corrected chi connectivity index (χ0v) is 13.7. The molecule has 1 aliphatic heterocycles. The van der Waals surface area contributed by atoms with Crippen LogP contribution < -0.4 is 5.32 Å².